The van der Waals surface area contributed by atoms with Gasteiger partial charge in [0.15, 0.2) is 0 Å². The Morgan fingerprint density at radius 3 is 2.00 bits per heavy atom. The number of nitrogens with zero attached hydrogens (tertiary/aromatic N) is 1. The van der Waals surface area contributed by atoms with E-state index in [1.165, 1.54) is 4.53 Å². The van der Waals surface area contributed by atoms with Gasteiger partial charge in [0.1, 0.15) is 0 Å². The third kappa shape index (κ3) is 5.08. The van der Waals surface area contributed by atoms with Crippen molar-refractivity contribution in [1.29, 1.82) is 0 Å². The molecule has 1 nitrogen and oxygen atoms in total. The van der Waals surface area contributed by atoms with E-state index in [1.807, 2.05) is 40.7 Å². The Bertz CT molecular complexity index is 262. The topological polar surface area (TPSA) is 12.9 Å². The molecule has 70 valence electrons. The molecule has 0 radical (unpaired) electrons. The molecule has 0 aromatic carbocycles. The third-order valence-electron chi connectivity index (χ3n) is 0.935. The maximum absolute atomic E-state index is 3.96. The first kappa shape index (κ1) is 13.9. The van der Waals surface area contributed by atoms with Gasteiger partial charge in [0, 0.05) is 4.53 Å². The minimum atomic E-state index is 0.887. The highest BCUT2D eigenvalue weighted by Gasteiger charge is 1.78. The summed E-state index contributed by atoms with van der Waals surface area (Å²) in [6.07, 6.45) is 2.01. The van der Waals surface area contributed by atoms with Gasteiger partial charge in [-0.3, -0.25) is 0 Å². The number of hydrogen-bond donors (Lipinski definition) is 0. The predicted molar refractivity (Wildman–Crippen MR) is 59.7 cm³/mol. The molecular formula is C10H19NS. The van der Waals surface area contributed by atoms with Crippen LogP contribution in [0.2, 0.25) is 0 Å². The highest BCUT2D eigenvalue weighted by molar-refractivity contribution is 7.07. The van der Waals surface area contributed by atoms with E-state index >= 15 is 0 Å². The quantitative estimate of drug-likeness (QED) is 0.605. The number of aromatic nitrogens is 1. The first-order valence-corrected chi connectivity index (χ1v) is 5.27. The Hall–Kier alpha value is -0.630. The molecule has 0 atom stereocenters. The molecule has 0 unspecified atom stereocenters. The minimum absolute atomic E-state index is 0.887. The maximum atomic E-state index is 3.96. The molecule has 0 fully saturated rings. The Labute approximate surface area is 79.5 Å². The Morgan fingerprint density at radius 1 is 1.33 bits per heavy atom. The third-order valence-corrected chi connectivity index (χ3v) is 1.87. The van der Waals surface area contributed by atoms with E-state index in [4.69, 9.17) is 0 Å². The van der Waals surface area contributed by atoms with Crippen molar-refractivity contribution in [2.24, 2.45) is 0 Å². The molecule has 0 bridgehead atoms. The van der Waals surface area contributed by atoms with Crippen LogP contribution in [0.4, 0.5) is 0 Å². The van der Waals surface area contributed by atoms with Gasteiger partial charge in [0.25, 0.3) is 0 Å². The van der Waals surface area contributed by atoms with Gasteiger partial charge >= 0.3 is 0 Å². The molecule has 1 aromatic rings. The largest absolute Gasteiger partial charge is 0.245 e. The van der Waals surface area contributed by atoms with E-state index in [-0.39, 0.29) is 0 Å². The van der Waals surface area contributed by atoms with Crippen LogP contribution in [0.15, 0.2) is 5.51 Å². The number of hydrogen-bond acceptors (Lipinski definition) is 2. The molecule has 0 saturated heterocycles. The molecule has 2 heteroatoms. The lowest BCUT2D eigenvalue weighted by atomic mass is 10.6. The summed E-state index contributed by atoms with van der Waals surface area (Å²) in [6.45, 7) is 13.7. The molecule has 0 amide bonds. The second-order valence-corrected chi connectivity index (χ2v) is 2.34. The van der Waals surface area contributed by atoms with Gasteiger partial charge in [-0.25, -0.2) is 4.98 Å². The van der Waals surface area contributed by atoms with Crippen LogP contribution < -0.4 is 9.88 Å². The van der Waals surface area contributed by atoms with Crippen LogP contribution in [-0.4, -0.2) is 4.98 Å². The Balaban J connectivity index is 0. The highest BCUT2D eigenvalue weighted by atomic mass is 32.1. The fourth-order valence-electron chi connectivity index (χ4n) is 0.513. The van der Waals surface area contributed by atoms with Crippen LogP contribution in [-0.2, 0) is 0 Å². The van der Waals surface area contributed by atoms with Gasteiger partial charge in [0.2, 0.25) is 0 Å². The van der Waals surface area contributed by atoms with E-state index in [2.05, 4.69) is 11.6 Å². The normalized spacial score (nSPS) is 9.25. The average Bonchev–Trinajstić information content (AvgIpc) is 2.58. The lowest BCUT2D eigenvalue weighted by Gasteiger charge is -1.64. The van der Waals surface area contributed by atoms with Crippen molar-refractivity contribution in [3.63, 3.8) is 0 Å². The molecule has 0 saturated carbocycles. The summed E-state index contributed by atoms with van der Waals surface area (Å²) >= 11 is 1.62. The van der Waals surface area contributed by atoms with Gasteiger partial charge in [-0.1, -0.05) is 40.3 Å². The van der Waals surface area contributed by atoms with Crippen LogP contribution >= 0.6 is 11.3 Å². The van der Waals surface area contributed by atoms with Crippen molar-refractivity contribution < 1.29 is 0 Å². The zero-order valence-electron chi connectivity index (χ0n) is 8.72. The second-order valence-electron chi connectivity index (χ2n) is 1.45. The zero-order valence-corrected chi connectivity index (χ0v) is 9.53. The summed E-state index contributed by atoms with van der Waals surface area (Å²) in [6, 6.07) is 0. The Kier molecular flexibility index (Phi) is 12.0. The van der Waals surface area contributed by atoms with Crippen LogP contribution in [0.1, 0.15) is 34.6 Å². The summed E-state index contributed by atoms with van der Waals surface area (Å²) in [7, 11) is 0. The number of rotatable bonds is 0. The second kappa shape index (κ2) is 10.4. The van der Waals surface area contributed by atoms with Crippen LogP contribution in [0.5, 0.6) is 0 Å². The standard InChI is InChI=1S/C6H7NS.2C2H6/c1-3-6-5(2)7-4-8-6;2*1-2/h3-4H,2H2,1H3;2*1-2H3/b6-3+;;. The van der Waals surface area contributed by atoms with Crippen LogP contribution in [0.25, 0.3) is 12.7 Å². The summed E-state index contributed by atoms with van der Waals surface area (Å²) in [5.74, 6) is 0. The van der Waals surface area contributed by atoms with E-state index in [0.717, 1.165) is 5.35 Å². The fourth-order valence-corrected chi connectivity index (χ4v) is 1.13. The zero-order chi connectivity index (χ0) is 9.98. The maximum Gasteiger partial charge on any atom is 0.0804 e. The lowest BCUT2D eigenvalue weighted by Crippen LogP contribution is -2.17. The molecule has 1 rings (SSSR count). The average molecular weight is 185 g/mol. The minimum Gasteiger partial charge on any atom is -0.245 e. The van der Waals surface area contributed by atoms with Crippen LogP contribution in [0, 0.1) is 0 Å². The van der Waals surface area contributed by atoms with Crippen molar-refractivity contribution in [2.45, 2.75) is 34.6 Å². The van der Waals surface area contributed by atoms with Gasteiger partial charge in [-0.15, -0.1) is 11.3 Å². The van der Waals surface area contributed by atoms with Gasteiger partial charge < -0.3 is 0 Å². The molecule has 1 aromatic heterocycles. The predicted octanol–water partition coefficient (Wildman–Crippen LogP) is 2.41. The van der Waals surface area contributed by atoms with Crippen LogP contribution in [0.3, 0.4) is 0 Å². The molecule has 12 heavy (non-hydrogen) atoms. The summed E-state index contributed by atoms with van der Waals surface area (Å²) in [5, 5.41) is 0.887. The molecule has 0 spiro atoms. The van der Waals surface area contributed by atoms with Crippen molar-refractivity contribution in [3.05, 3.63) is 15.4 Å². The SMILES string of the molecule is C=c1ncs/c1=C/C.CC.CC. The van der Waals surface area contributed by atoms with E-state index in [9.17, 15) is 0 Å². The molecule has 0 aliphatic heterocycles. The summed E-state index contributed by atoms with van der Waals surface area (Å²) in [4.78, 5) is 3.96. The molecule has 0 aliphatic rings. The fraction of sp³-hybridized carbons (Fsp3) is 0.500. The summed E-state index contributed by atoms with van der Waals surface area (Å²) in [5.41, 5.74) is 1.80. The molecule has 0 aliphatic carbocycles. The van der Waals surface area contributed by atoms with E-state index < -0.39 is 0 Å². The van der Waals surface area contributed by atoms with Crippen molar-refractivity contribution >= 4 is 24.0 Å². The van der Waals surface area contributed by atoms with Crippen molar-refractivity contribution in [2.75, 3.05) is 0 Å². The highest BCUT2D eigenvalue weighted by Crippen LogP contribution is 1.73. The molecular weight excluding hydrogens is 166 g/mol. The number of thiazole rings is 1. The Morgan fingerprint density at radius 2 is 1.83 bits per heavy atom. The molecule has 1 heterocycles. The van der Waals surface area contributed by atoms with E-state index in [0.29, 0.717) is 0 Å². The van der Waals surface area contributed by atoms with Gasteiger partial charge in [0.05, 0.1) is 10.9 Å². The van der Waals surface area contributed by atoms with E-state index in [1.54, 1.807) is 16.8 Å². The van der Waals surface area contributed by atoms with Gasteiger partial charge in [-0.05, 0) is 6.92 Å². The first-order valence-electron chi connectivity index (χ1n) is 4.39. The molecule has 0 N–H and O–H groups in total. The summed E-state index contributed by atoms with van der Waals surface area (Å²) < 4.78 is 1.17. The van der Waals surface area contributed by atoms with Crippen molar-refractivity contribution in [3.8, 4) is 0 Å². The lowest BCUT2D eigenvalue weighted by molar-refractivity contribution is 1.33. The van der Waals surface area contributed by atoms with Crippen molar-refractivity contribution in [1.82, 2.24) is 4.98 Å². The monoisotopic (exact) mass is 185 g/mol. The smallest absolute Gasteiger partial charge is 0.0804 e. The first-order chi connectivity index (χ1) is 5.84. The van der Waals surface area contributed by atoms with Gasteiger partial charge in [-0.2, -0.15) is 0 Å².